The Kier molecular flexibility index (Phi) is 7.70. The Hall–Kier alpha value is -3.74. The van der Waals surface area contributed by atoms with Gasteiger partial charge in [-0.3, -0.25) is 4.98 Å². The van der Waals surface area contributed by atoms with Crippen molar-refractivity contribution in [2.75, 3.05) is 13.7 Å². The minimum atomic E-state index is 0.194. The van der Waals surface area contributed by atoms with Gasteiger partial charge in [-0.25, -0.2) is 4.98 Å². The van der Waals surface area contributed by atoms with Crippen molar-refractivity contribution < 1.29 is 14.8 Å². The molecule has 0 radical (unpaired) electrons. The molecule has 31 heavy (non-hydrogen) atoms. The second kappa shape index (κ2) is 10.9. The van der Waals surface area contributed by atoms with E-state index in [1.807, 2.05) is 62.4 Å². The van der Waals surface area contributed by atoms with Gasteiger partial charge >= 0.3 is 0 Å². The largest absolute Gasteiger partial charge is 0.507 e. The third-order valence-corrected chi connectivity index (χ3v) is 4.58. The number of para-hydroxylation sites is 1. The summed E-state index contributed by atoms with van der Waals surface area (Å²) in [4.78, 5) is 19.5. The minimum Gasteiger partial charge on any atom is -0.507 e. The molecule has 0 atom stereocenters. The highest BCUT2D eigenvalue weighted by atomic mass is 16.6. The van der Waals surface area contributed by atoms with E-state index in [0.717, 1.165) is 29.9 Å². The molecule has 0 spiro atoms. The van der Waals surface area contributed by atoms with E-state index in [2.05, 4.69) is 20.3 Å². The number of phenols is 1. The van der Waals surface area contributed by atoms with Gasteiger partial charge in [0.25, 0.3) is 0 Å². The summed E-state index contributed by atoms with van der Waals surface area (Å²) in [6.45, 7) is 4.17. The van der Waals surface area contributed by atoms with Crippen LogP contribution in [0.4, 0.5) is 0 Å². The van der Waals surface area contributed by atoms with Gasteiger partial charge in [0.2, 0.25) is 0 Å². The Morgan fingerprint density at radius 1 is 0.871 bits per heavy atom. The molecule has 2 heterocycles. The monoisotopic (exact) mass is 418 g/mol. The summed E-state index contributed by atoms with van der Waals surface area (Å²) in [5.41, 5.74) is 5.22. The van der Waals surface area contributed by atoms with E-state index in [1.165, 1.54) is 7.11 Å². The Morgan fingerprint density at radius 3 is 2.35 bits per heavy atom. The van der Waals surface area contributed by atoms with Gasteiger partial charge in [0.15, 0.2) is 0 Å². The highest BCUT2D eigenvalue weighted by Crippen LogP contribution is 2.27. The fraction of sp³-hybridized carbons (Fsp3) is 0.250. The molecule has 0 aliphatic heterocycles. The summed E-state index contributed by atoms with van der Waals surface area (Å²) in [7, 11) is 1.52. The van der Waals surface area contributed by atoms with Gasteiger partial charge in [-0.05, 0) is 63.1 Å². The van der Waals surface area contributed by atoms with Crippen LogP contribution in [0.1, 0.15) is 37.4 Å². The van der Waals surface area contributed by atoms with Crippen LogP contribution in [-0.2, 0) is 16.1 Å². The van der Waals surface area contributed by atoms with Crippen LogP contribution < -0.4 is 0 Å². The Bertz CT molecular complexity index is 1080. The van der Waals surface area contributed by atoms with Gasteiger partial charge in [0.05, 0.1) is 17.1 Å². The van der Waals surface area contributed by atoms with Gasteiger partial charge in [-0.1, -0.05) is 34.6 Å². The van der Waals surface area contributed by atoms with Crippen molar-refractivity contribution in [1.29, 1.82) is 0 Å². The number of hydrogen-bond donors (Lipinski definition) is 1. The number of pyridine rings is 2. The summed E-state index contributed by atoms with van der Waals surface area (Å²) in [5.74, 6) is 0.194. The molecule has 0 bridgehead atoms. The SMILES string of the molecule is CON=C(C)c1cccc(CCCON=C(C)c2cccc(-c3ccccc3O)n2)n1. The van der Waals surface area contributed by atoms with Crippen molar-refractivity contribution in [2.24, 2.45) is 10.3 Å². The Balaban J connectivity index is 1.55. The number of hydrogen-bond acceptors (Lipinski definition) is 7. The van der Waals surface area contributed by atoms with E-state index in [9.17, 15) is 5.11 Å². The predicted molar refractivity (Wildman–Crippen MR) is 121 cm³/mol. The molecule has 0 saturated heterocycles. The van der Waals surface area contributed by atoms with Crippen molar-refractivity contribution in [3.8, 4) is 17.0 Å². The standard InChI is InChI=1S/C24H26N4O3/c1-17(27-30-3)21-12-6-9-19(25-21)10-8-16-31-28-18(2)22-13-7-14-23(26-22)20-11-4-5-15-24(20)29/h4-7,9,11-15,29H,8,10,16H2,1-3H3. The fourth-order valence-corrected chi connectivity index (χ4v) is 2.99. The van der Waals surface area contributed by atoms with Crippen molar-refractivity contribution in [3.63, 3.8) is 0 Å². The molecule has 3 aromatic rings. The van der Waals surface area contributed by atoms with Crippen LogP contribution in [0, 0.1) is 0 Å². The molecule has 1 N–H and O–H groups in total. The van der Waals surface area contributed by atoms with Crippen LogP contribution in [0.15, 0.2) is 71.0 Å². The molecular formula is C24H26N4O3. The lowest BCUT2D eigenvalue weighted by Crippen LogP contribution is -2.04. The molecule has 1 aromatic carbocycles. The molecule has 0 aliphatic carbocycles. The zero-order valence-corrected chi connectivity index (χ0v) is 17.9. The number of rotatable bonds is 9. The first-order valence-electron chi connectivity index (χ1n) is 10.0. The third kappa shape index (κ3) is 6.12. The predicted octanol–water partition coefficient (Wildman–Crippen LogP) is 4.59. The number of aromatic hydroxyl groups is 1. The van der Waals surface area contributed by atoms with Crippen LogP contribution in [-0.4, -0.2) is 40.2 Å². The summed E-state index contributed by atoms with van der Waals surface area (Å²) in [5, 5.41) is 18.2. The second-order valence-corrected chi connectivity index (χ2v) is 6.91. The molecule has 160 valence electrons. The van der Waals surface area contributed by atoms with E-state index >= 15 is 0 Å². The van der Waals surface area contributed by atoms with Crippen LogP contribution in [0.25, 0.3) is 11.3 Å². The van der Waals surface area contributed by atoms with Crippen LogP contribution >= 0.6 is 0 Å². The normalized spacial score (nSPS) is 12.0. The van der Waals surface area contributed by atoms with Gasteiger partial charge in [0, 0.05) is 11.3 Å². The second-order valence-electron chi connectivity index (χ2n) is 6.91. The van der Waals surface area contributed by atoms with Crippen LogP contribution in [0.3, 0.4) is 0 Å². The summed E-state index contributed by atoms with van der Waals surface area (Å²) < 4.78 is 0. The zero-order chi connectivity index (χ0) is 22.1. The molecular weight excluding hydrogens is 392 g/mol. The maximum Gasteiger partial charge on any atom is 0.124 e. The summed E-state index contributed by atoms with van der Waals surface area (Å²) in [6.07, 6.45) is 1.54. The van der Waals surface area contributed by atoms with E-state index in [0.29, 0.717) is 29.3 Å². The maximum atomic E-state index is 10.0. The first-order chi connectivity index (χ1) is 15.1. The van der Waals surface area contributed by atoms with Crippen molar-refractivity contribution in [2.45, 2.75) is 26.7 Å². The molecule has 0 aliphatic rings. The van der Waals surface area contributed by atoms with Gasteiger partial charge < -0.3 is 14.8 Å². The molecule has 7 heteroatoms. The molecule has 2 aromatic heterocycles. The molecule has 7 nitrogen and oxygen atoms in total. The van der Waals surface area contributed by atoms with Gasteiger partial charge in [0.1, 0.15) is 30.9 Å². The van der Waals surface area contributed by atoms with E-state index in [4.69, 9.17) is 9.68 Å². The number of aromatic nitrogens is 2. The Labute approximate surface area is 182 Å². The number of nitrogens with zero attached hydrogens (tertiary/aromatic N) is 4. The zero-order valence-electron chi connectivity index (χ0n) is 17.9. The Morgan fingerprint density at radius 2 is 1.58 bits per heavy atom. The molecule has 0 fully saturated rings. The molecule has 3 rings (SSSR count). The number of benzene rings is 1. The lowest BCUT2D eigenvalue weighted by molar-refractivity contribution is 0.141. The first kappa shape index (κ1) is 22.0. The average molecular weight is 418 g/mol. The van der Waals surface area contributed by atoms with E-state index in [-0.39, 0.29) is 5.75 Å². The number of oxime groups is 2. The highest BCUT2D eigenvalue weighted by Gasteiger charge is 2.07. The maximum absolute atomic E-state index is 10.0. The summed E-state index contributed by atoms with van der Waals surface area (Å²) in [6, 6.07) is 18.6. The smallest absolute Gasteiger partial charge is 0.124 e. The lowest BCUT2D eigenvalue weighted by Gasteiger charge is -2.07. The quantitative estimate of drug-likeness (QED) is 0.312. The molecule has 0 unspecified atom stereocenters. The van der Waals surface area contributed by atoms with Gasteiger partial charge in [-0.15, -0.1) is 0 Å². The third-order valence-electron chi connectivity index (χ3n) is 4.58. The highest BCUT2D eigenvalue weighted by molar-refractivity contribution is 5.97. The number of aryl methyl sites for hydroxylation is 1. The first-order valence-corrected chi connectivity index (χ1v) is 10.0. The molecule has 0 saturated carbocycles. The number of phenolic OH excluding ortho intramolecular Hbond substituents is 1. The van der Waals surface area contributed by atoms with E-state index < -0.39 is 0 Å². The topological polar surface area (TPSA) is 89.2 Å². The van der Waals surface area contributed by atoms with Gasteiger partial charge in [-0.2, -0.15) is 0 Å². The van der Waals surface area contributed by atoms with Crippen molar-refractivity contribution >= 4 is 11.4 Å². The molecule has 0 amide bonds. The summed E-state index contributed by atoms with van der Waals surface area (Å²) >= 11 is 0. The van der Waals surface area contributed by atoms with Crippen LogP contribution in [0.5, 0.6) is 5.75 Å². The van der Waals surface area contributed by atoms with E-state index in [1.54, 1.807) is 12.1 Å². The van der Waals surface area contributed by atoms with Crippen molar-refractivity contribution in [1.82, 2.24) is 9.97 Å². The fourth-order valence-electron chi connectivity index (χ4n) is 2.99. The van der Waals surface area contributed by atoms with Crippen LogP contribution in [0.2, 0.25) is 0 Å². The minimum absolute atomic E-state index is 0.194. The lowest BCUT2D eigenvalue weighted by atomic mass is 10.1. The average Bonchev–Trinajstić information content (AvgIpc) is 2.79. The van der Waals surface area contributed by atoms with Crippen molar-refractivity contribution in [3.05, 3.63) is 77.7 Å².